The van der Waals surface area contributed by atoms with Crippen LogP contribution in [0.5, 0.6) is 0 Å². The molecule has 1 fully saturated rings. The lowest BCUT2D eigenvalue weighted by atomic mass is 9.96. The van der Waals surface area contributed by atoms with Gasteiger partial charge in [-0.05, 0) is 60.7 Å². The Kier molecular flexibility index (Phi) is 8.35. The van der Waals surface area contributed by atoms with Crippen molar-refractivity contribution in [2.75, 3.05) is 12.3 Å². The molecule has 2 aromatic heterocycles. The largest absolute Gasteiger partial charge is 0.396 e. The van der Waals surface area contributed by atoms with Crippen molar-refractivity contribution < 1.29 is 13.6 Å². The van der Waals surface area contributed by atoms with Crippen LogP contribution in [-0.4, -0.2) is 43.0 Å². The third-order valence-corrected chi connectivity index (χ3v) is 8.22. The van der Waals surface area contributed by atoms with E-state index >= 15 is 0 Å². The van der Waals surface area contributed by atoms with Crippen LogP contribution in [0.2, 0.25) is 0 Å². The molecule has 0 bridgehead atoms. The van der Waals surface area contributed by atoms with E-state index in [0.29, 0.717) is 26.1 Å². The topological polar surface area (TPSA) is 99.0 Å². The molecule has 8 nitrogen and oxygen atoms in total. The Morgan fingerprint density at radius 3 is 2.49 bits per heavy atom. The van der Waals surface area contributed by atoms with Gasteiger partial charge in [0, 0.05) is 54.8 Å². The van der Waals surface area contributed by atoms with E-state index < -0.39 is 17.6 Å². The van der Waals surface area contributed by atoms with Crippen LogP contribution in [0.3, 0.4) is 0 Å². The zero-order valence-electron chi connectivity index (χ0n) is 22.9. The third kappa shape index (κ3) is 6.24. The number of amides is 1. The van der Waals surface area contributed by atoms with Crippen LogP contribution >= 0.6 is 15.9 Å². The number of aromatic nitrogens is 4. The minimum atomic E-state index is -0.881. The quantitative estimate of drug-likeness (QED) is 0.193. The van der Waals surface area contributed by atoms with Crippen molar-refractivity contribution in [1.29, 1.82) is 0 Å². The molecular formula is C30H31BrF2N6O2. The molecule has 5 rings (SSSR count). The van der Waals surface area contributed by atoms with Crippen molar-refractivity contribution in [3.8, 4) is 11.3 Å². The molecule has 214 valence electrons. The van der Waals surface area contributed by atoms with Gasteiger partial charge in [-0.3, -0.25) is 14.3 Å². The second-order valence-electron chi connectivity index (χ2n) is 10.5. The number of carbonyl (C=O) groups is 1. The molecular weight excluding hydrogens is 594 g/mol. The maximum atomic E-state index is 14.3. The highest BCUT2D eigenvalue weighted by atomic mass is 79.9. The van der Waals surface area contributed by atoms with Gasteiger partial charge in [0.25, 0.3) is 0 Å². The van der Waals surface area contributed by atoms with Gasteiger partial charge in [0.05, 0.1) is 22.3 Å². The van der Waals surface area contributed by atoms with Crippen LogP contribution in [-0.2, 0) is 17.9 Å². The highest BCUT2D eigenvalue weighted by Crippen LogP contribution is 2.34. The van der Waals surface area contributed by atoms with Crippen LogP contribution in [0.1, 0.15) is 42.1 Å². The Balaban J connectivity index is 1.32. The van der Waals surface area contributed by atoms with E-state index in [9.17, 15) is 18.4 Å². The molecule has 1 atom stereocenters. The molecule has 1 saturated carbocycles. The van der Waals surface area contributed by atoms with Gasteiger partial charge >= 0.3 is 0 Å². The van der Waals surface area contributed by atoms with Crippen LogP contribution < -0.4 is 11.2 Å². The fourth-order valence-corrected chi connectivity index (χ4v) is 5.51. The highest BCUT2D eigenvalue weighted by Gasteiger charge is 2.36. The highest BCUT2D eigenvalue weighted by molar-refractivity contribution is 9.10. The Labute approximate surface area is 244 Å². The minimum Gasteiger partial charge on any atom is -0.396 e. The van der Waals surface area contributed by atoms with Crippen molar-refractivity contribution >= 4 is 27.5 Å². The monoisotopic (exact) mass is 624 g/mol. The van der Waals surface area contributed by atoms with Crippen LogP contribution in [0.15, 0.2) is 64.0 Å². The number of aryl methyl sites for hydroxylation is 3. The molecule has 1 aliphatic carbocycles. The lowest BCUT2D eigenvalue weighted by molar-refractivity contribution is -0.134. The van der Waals surface area contributed by atoms with E-state index in [2.05, 4.69) is 26.2 Å². The summed E-state index contributed by atoms with van der Waals surface area (Å²) in [4.78, 5) is 28.1. The molecule has 1 aliphatic rings. The fraction of sp³-hybridized carbons (Fsp3) is 0.333. The number of nitrogens with zero attached hydrogens (tertiary/aromatic N) is 5. The molecule has 0 aliphatic heterocycles. The fourth-order valence-electron chi connectivity index (χ4n) is 5.18. The maximum Gasteiger partial charge on any atom is 0.232 e. The average Bonchev–Trinajstić information content (AvgIpc) is 3.68. The zero-order chi connectivity index (χ0) is 29.3. The maximum absolute atomic E-state index is 14.3. The number of halogens is 3. The Hall–Kier alpha value is -3.86. The van der Waals surface area contributed by atoms with Crippen molar-refractivity contribution in [1.82, 2.24) is 24.5 Å². The van der Waals surface area contributed by atoms with Gasteiger partial charge in [-0.1, -0.05) is 35.5 Å². The molecule has 0 radical (unpaired) electrons. The Morgan fingerprint density at radius 1 is 1.15 bits per heavy atom. The molecule has 1 unspecified atom stereocenters. The first-order valence-corrected chi connectivity index (χ1v) is 14.3. The van der Waals surface area contributed by atoms with Crippen LogP contribution in [0, 0.1) is 25.5 Å². The number of rotatable bonds is 10. The minimum absolute atomic E-state index is 0.0454. The summed E-state index contributed by atoms with van der Waals surface area (Å²) < 4.78 is 31.6. The van der Waals surface area contributed by atoms with E-state index in [1.54, 1.807) is 23.0 Å². The number of benzene rings is 2. The van der Waals surface area contributed by atoms with E-state index in [1.165, 1.54) is 0 Å². The van der Waals surface area contributed by atoms with Crippen molar-refractivity contribution in [2.24, 2.45) is 0 Å². The number of nitrogens with two attached hydrogens (primary N) is 1. The molecule has 1 amide bonds. The molecule has 2 aromatic carbocycles. The molecule has 41 heavy (non-hydrogen) atoms. The van der Waals surface area contributed by atoms with E-state index in [1.807, 2.05) is 53.6 Å². The summed E-state index contributed by atoms with van der Waals surface area (Å²) in [6.45, 7) is 5.18. The Bertz CT molecular complexity index is 1610. The van der Waals surface area contributed by atoms with Gasteiger partial charge in [0.1, 0.15) is 11.5 Å². The summed E-state index contributed by atoms with van der Waals surface area (Å²) in [5, 5.41) is 8.16. The van der Waals surface area contributed by atoms with Crippen molar-refractivity contribution in [3.05, 3.63) is 98.0 Å². The van der Waals surface area contributed by atoms with Crippen molar-refractivity contribution in [3.63, 3.8) is 0 Å². The summed E-state index contributed by atoms with van der Waals surface area (Å²) in [5.74, 6) is -2.03. The summed E-state index contributed by atoms with van der Waals surface area (Å²) >= 11 is 2.85. The zero-order valence-corrected chi connectivity index (χ0v) is 24.4. The predicted octanol–water partition coefficient (Wildman–Crippen LogP) is 5.21. The second kappa shape index (κ2) is 11.9. The first-order valence-electron chi connectivity index (χ1n) is 13.5. The van der Waals surface area contributed by atoms with E-state index in [-0.39, 0.29) is 38.8 Å². The number of pyridine rings is 1. The van der Waals surface area contributed by atoms with Gasteiger partial charge < -0.3 is 15.2 Å². The predicted molar refractivity (Wildman–Crippen MR) is 156 cm³/mol. The van der Waals surface area contributed by atoms with E-state index in [4.69, 9.17) is 5.73 Å². The Morgan fingerprint density at radius 2 is 1.83 bits per heavy atom. The van der Waals surface area contributed by atoms with Crippen LogP contribution in [0.25, 0.3) is 11.3 Å². The van der Waals surface area contributed by atoms with Gasteiger partial charge in [0.2, 0.25) is 5.91 Å². The number of anilines is 1. The van der Waals surface area contributed by atoms with Crippen LogP contribution in [0.4, 0.5) is 14.5 Å². The normalized spacial score (nSPS) is 13.8. The summed E-state index contributed by atoms with van der Waals surface area (Å²) in [5.41, 5.74) is 8.54. The molecule has 11 heteroatoms. The molecule has 0 saturated heterocycles. The lowest BCUT2D eigenvalue weighted by Gasteiger charge is -2.29. The van der Waals surface area contributed by atoms with Gasteiger partial charge in [0.15, 0.2) is 11.2 Å². The average molecular weight is 626 g/mol. The number of hydrogen-bond acceptors (Lipinski definition) is 5. The van der Waals surface area contributed by atoms with Crippen molar-refractivity contribution in [2.45, 2.75) is 58.2 Å². The molecule has 2 heterocycles. The first-order chi connectivity index (χ1) is 19.6. The molecule has 0 spiro atoms. The summed E-state index contributed by atoms with van der Waals surface area (Å²) in [6, 6.07) is 14.2. The molecule has 2 N–H and O–H groups in total. The standard InChI is InChI=1S/C30H31BrF2N6O2/c1-18-13-22(40)14-19(2)39(18)16-24(20-7-4-3-5-8-20)30(41)38(21-9-10-21)12-6-11-37-17-26(35-36-37)23-15-25(32)27(31)28(33)29(23)34/h3-5,7-8,13-15,17,21,24H,6,9-12,16,34H2,1-2H3. The number of hydrogen-bond donors (Lipinski definition) is 1. The molecule has 4 aromatic rings. The second-order valence-corrected chi connectivity index (χ2v) is 11.3. The smallest absolute Gasteiger partial charge is 0.232 e. The summed E-state index contributed by atoms with van der Waals surface area (Å²) in [6.07, 6.45) is 4.12. The first kappa shape index (κ1) is 28.7. The lowest BCUT2D eigenvalue weighted by Crippen LogP contribution is -2.39. The number of nitrogen functional groups attached to an aromatic ring is 1. The SMILES string of the molecule is Cc1cc(=O)cc(C)n1CC(C(=O)N(CCCn1cc(-c2cc(F)c(Br)c(F)c2N)nn1)C1CC1)c1ccccc1. The number of carbonyl (C=O) groups excluding carboxylic acids is 1. The van der Waals surface area contributed by atoms with E-state index in [0.717, 1.165) is 35.9 Å². The van der Waals surface area contributed by atoms with Gasteiger partial charge in [-0.2, -0.15) is 0 Å². The third-order valence-electron chi connectivity index (χ3n) is 7.49. The van der Waals surface area contributed by atoms with Gasteiger partial charge in [-0.25, -0.2) is 8.78 Å². The summed E-state index contributed by atoms with van der Waals surface area (Å²) in [7, 11) is 0. The van der Waals surface area contributed by atoms with Gasteiger partial charge in [-0.15, -0.1) is 5.10 Å².